The Balaban J connectivity index is 1.37. The summed E-state index contributed by atoms with van der Waals surface area (Å²) in [6, 6.07) is 5.59. The third kappa shape index (κ3) is 3.93. The minimum atomic E-state index is -0.107. The van der Waals surface area contributed by atoms with E-state index >= 15 is 0 Å². The molecular weight excluding hydrogens is 378 g/mol. The molecule has 0 N–H and O–H groups in total. The summed E-state index contributed by atoms with van der Waals surface area (Å²) in [6.45, 7) is 7.61. The summed E-state index contributed by atoms with van der Waals surface area (Å²) in [6.07, 6.45) is 0. The molecule has 9 heteroatoms. The van der Waals surface area contributed by atoms with E-state index in [2.05, 4.69) is 25.9 Å². The smallest absolute Gasteiger partial charge is 0.275 e. The summed E-state index contributed by atoms with van der Waals surface area (Å²) < 4.78 is 2.26. The van der Waals surface area contributed by atoms with E-state index in [1.165, 1.54) is 26.8 Å². The van der Waals surface area contributed by atoms with E-state index in [-0.39, 0.29) is 5.56 Å². The Morgan fingerprint density at radius 2 is 1.84 bits per heavy atom. The molecule has 1 saturated heterocycles. The molecule has 0 saturated carbocycles. The molecule has 0 radical (unpaired) electrons. The molecule has 0 aromatic carbocycles. The normalized spacial score (nSPS) is 16.7. The van der Waals surface area contributed by atoms with Gasteiger partial charge in [-0.2, -0.15) is 9.61 Å². The Morgan fingerprint density at radius 3 is 2.52 bits per heavy atom. The topological polar surface area (TPSA) is 53.7 Å². The standard InChI is InChI=1S/C16H18ClN5OS2/c1-11-8-15(23)22-16(18-11)25-14(19-22)10-21-6-4-20(5-7-21)9-12-2-3-13(17)24-12/h2-3,8H,4-7,9-10H2,1H3. The molecule has 0 amide bonds. The van der Waals surface area contributed by atoms with Gasteiger partial charge in [-0.15, -0.1) is 11.3 Å². The molecule has 25 heavy (non-hydrogen) atoms. The second kappa shape index (κ2) is 7.13. The van der Waals surface area contributed by atoms with Crippen molar-refractivity contribution in [1.29, 1.82) is 0 Å². The molecule has 0 bridgehead atoms. The zero-order valence-electron chi connectivity index (χ0n) is 13.8. The largest absolute Gasteiger partial charge is 0.296 e. The van der Waals surface area contributed by atoms with Gasteiger partial charge in [-0.25, -0.2) is 4.98 Å². The highest BCUT2D eigenvalue weighted by Crippen LogP contribution is 2.23. The van der Waals surface area contributed by atoms with Gasteiger partial charge in [0.1, 0.15) is 5.01 Å². The molecule has 3 aromatic rings. The molecule has 0 atom stereocenters. The lowest BCUT2D eigenvalue weighted by molar-refractivity contribution is 0.122. The number of rotatable bonds is 4. The zero-order valence-corrected chi connectivity index (χ0v) is 16.2. The molecular formula is C16H18ClN5OS2. The Labute approximate surface area is 158 Å². The fourth-order valence-corrected chi connectivity index (χ4v) is 5.10. The average molecular weight is 396 g/mol. The predicted octanol–water partition coefficient (Wildman–Crippen LogP) is 2.49. The highest BCUT2D eigenvalue weighted by molar-refractivity contribution is 7.16. The summed E-state index contributed by atoms with van der Waals surface area (Å²) in [5.74, 6) is 0. The van der Waals surface area contributed by atoms with E-state index in [1.807, 2.05) is 13.0 Å². The second-order valence-electron chi connectivity index (χ2n) is 6.18. The fourth-order valence-electron chi connectivity index (χ4n) is 2.98. The van der Waals surface area contributed by atoms with Gasteiger partial charge in [-0.05, 0) is 19.1 Å². The Bertz CT molecular complexity index is 942. The van der Waals surface area contributed by atoms with Crippen LogP contribution >= 0.6 is 34.3 Å². The first kappa shape index (κ1) is 17.1. The van der Waals surface area contributed by atoms with Crippen molar-refractivity contribution >= 4 is 39.2 Å². The summed E-state index contributed by atoms with van der Waals surface area (Å²) in [5, 5.41) is 5.37. The lowest BCUT2D eigenvalue weighted by atomic mass is 10.3. The monoisotopic (exact) mass is 395 g/mol. The lowest BCUT2D eigenvalue weighted by Crippen LogP contribution is -2.45. The number of nitrogens with zero attached hydrogens (tertiary/aromatic N) is 5. The molecule has 1 fully saturated rings. The van der Waals surface area contributed by atoms with Crippen molar-refractivity contribution in [3.8, 4) is 0 Å². The van der Waals surface area contributed by atoms with Crippen molar-refractivity contribution in [1.82, 2.24) is 24.4 Å². The number of fused-ring (bicyclic) bond motifs is 1. The Hall–Kier alpha value is -1.32. The average Bonchev–Trinajstić information content (AvgIpc) is 3.15. The van der Waals surface area contributed by atoms with Gasteiger partial charge in [0.2, 0.25) is 4.96 Å². The van der Waals surface area contributed by atoms with Gasteiger partial charge in [0.05, 0.1) is 10.9 Å². The van der Waals surface area contributed by atoms with E-state index in [1.54, 1.807) is 11.3 Å². The van der Waals surface area contributed by atoms with Crippen LogP contribution in [-0.4, -0.2) is 50.6 Å². The molecule has 6 nitrogen and oxygen atoms in total. The highest BCUT2D eigenvalue weighted by Gasteiger charge is 2.19. The van der Waals surface area contributed by atoms with Crippen LogP contribution in [0.1, 0.15) is 15.6 Å². The minimum absolute atomic E-state index is 0.107. The van der Waals surface area contributed by atoms with E-state index in [0.717, 1.165) is 54.3 Å². The van der Waals surface area contributed by atoms with Gasteiger partial charge in [-0.3, -0.25) is 14.6 Å². The van der Waals surface area contributed by atoms with Crippen molar-refractivity contribution < 1.29 is 0 Å². The third-order valence-corrected chi connectivity index (χ3v) is 6.36. The molecule has 0 unspecified atom stereocenters. The zero-order chi connectivity index (χ0) is 17.4. The number of thiophene rings is 1. The van der Waals surface area contributed by atoms with Gasteiger partial charge < -0.3 is 0 Å². The van der Waals surface area contributed by atoms with Crippen molar-refractivity contribution in [2.24, 2.45) is 0 Å². The highest BCUT2D eigenvalue weighted by atomic mass is 35.5. The summed E-state index contributed by atoms with van der Waals surface area (Å²) >= 11 is 9.15. The van der Waals surface area contributed by atoms with Crippen LogP contribution in [0.25, 0.3) is 4.96 Å². The van der Waals surface area contributed by atoms with Gasteiger partial charge in [0.15, 0.2) is 0 Å². The number of hydrogen-bond donors (Lipinski definition) is 0. The van der Waals surface area contributed by atoms with Crippen LogP contribution in [0.3, 0.4) is 0 Å². The number of aryl methyl sites for hydroxylation is 1. The van der Waals surface area contributed by atoms with Crippen molar-refractivity contribution in [3.05, 3.63) is 48.5 Å². The third-order valence-electron chi connectivity index (χ3n) is 4.25. The van der Waals surface area contributed by atoms with E-state index in [0.29, 0.717) is 4.96 Å². The Kier molecular flexibility index (Phi) is 4.88. The maximum atomic E-state index is 12.0. The lowest BCUT2D eigenvalue weighted by Gasteiger charge is -2.33. The number of halogens is 1. The Morgan fingerprint density at radius 1 is 1.12 bits per heavy atom. The van der Waals surface area contributed by atoms with Crippen molar-refractivity contribution in [2.75, 3.05) is 26.2 Å². The fraction of sp³-hybridized carbons (Fsp3) is 0.438. The van der Waals surface area contributed by atoms with E-state index in [9.17, 15) is 4.79 Å². The molecule has 4 heterocycles. The second-order valence-corrected chi connectivity index (χ2v) is 9.02. The van der Waals surface area contributed by atoms with Gasteiger partial charge in [-0.1, -0.05) is 22.9 Å². The van der Waals surface area contributed by atoms with Crippen molar-refractivity contribution in [3.63, 3.8) is 0 Å². The van der Waals surface area contributed by atoms with Gasteiger partial charge in [0, 0.05) is 49.4 Å². The molecule has 0 aliphatic carbocycles. The van der Waals surface area contributed by atoms with Crippen LogP contribution in [0.4, 0.5) is 0 Å². The maximum absolute atomic E-state index is 12.0. The quantitative estimate of drug-likeness (QED) is 0.679. The van der Waals surface area contributed by atoms with Crippen LogP contribution in [0.15, 0.2) is 23.0 Å². The molecule has 132 valence electrons. The minimum Gasteiger partial charge on any atom is -0.296 e. The first-order valence-corrected chi connectivity index (χ1v) is 10.1. The van der Waals surface area contributed by atoms with Gasteiger partial charge >= 0.3 is 0 Å². The SMILES string of the molecule is Cc1cc(=O)n2nc(CN3CCN(Cc4ccc(Cl)s4)CC3)sc2n1. The van der Waals surface area contributed by atoms with Crippen LogP contribution < -0.4 is 5.56 Å². The van der Waals surface area contributed by atoms with Gasteiger partial charge in [0.25, 0.3) is 5.56 Å². The van der Waals surface area contributed by atoms with Crippen LogP contribution in [-0.2, 0) is 13.1 Å². The number of aromatic nitrogens is 3. The van der Waals surface area contributed by atoms with Crippen LogP contribution in [0, 0.1) is 6.92 Å². The molecule has 4 rings (SSSR count). The summed E-state index contributed by atoms with van der Waals surface area (Å²) in [4.78, 5) is 23.2. The van der Waals surface area contributed by atoms with Crippen molar-refractivity contribution in [2.45, 2.75) is 20.0 Å². The predicted molar refractivity (Wildman–Crippen MR) is 102 cm³/mol. The summed E-state index contributed by atoms with van der Waals surface area (Å²) in [7, 11) is 0. The van der Waals surface area contributed by atoms with E-state index in [4.69, 9.17) is 11.6 Å². The molecule has 0 spiro atoms. The first-order valence-electron chi connectivity index (χ1n) is 8.12. The van der Waals surface area contributed by atoms with E-state index < -0.39 is 0 Å². The van der Waals surface area contributed by atoms with Crippen LogP contribution in [0.2, 0.25) is 4.34 Å². The summed E-state index contributed by atoms with van der Waals surface area (Å²) in [5.41, 5.74) is 0.631. The first-order chi connectivity index (χ1) is 12.1. The number of piperazine rings is 1. The number of hydrogen-bond acceptors (Lipinski definition) is 7. The molecule has 1 aliphatic rings. The van der Waals surface area contributed by atoms with Crippen LogP contribution in [0.5, 0.6) is 0 Å². The maximum Gasteiger partial charge on any atom is 0.275 e. The molecule has 1 aliphatic heterocycles. The molecule has 3 aromatic heterocycles.